The Morgan fingerprint density at radius 2 is 1.60 bits per heavy atom. The van der Waals surface area contributed by atoms with Crippen LogP contribution >= 0.6 is 0 Å². The second-order valence-electron chi connectivity index (χ2n) is 7.45. The lowest BCUT2D eigenvalue weighted by molar-refractivity contribution is -0.0865. The van der Waals surface area contributed by atoms with Crippen molar-refractivity contribution in [2.75, 3.05) is 13.2 Å². The van der Waals surface area contributed by atoms with Gasteiger partial charge in [-0.1, -0.05) is 38.5 Å². The average molecular weight is 281 g/mol. The van der Waals surface area contributed by atoms with Crippen molar-refractivity contribution in [3.8, 4) is 0 Å². The molecule has 3 heteroatoms. The van der Waals surface area contributed by atoms with Gasteiger partial charge in [0.05, 0.1) is 11.2 Å². The van der Waals surface area contributed by atoms with Gasteiger partial charge in [0.1, 0.15) is 0 Å². The second-order valence-corrected chi connectivity index (χ2v) is 7.45. The highest BCUT2D eigenvalue weighted by molar-refractivity contribution is 4.94. The summed E-state index contributed by atoms with van der Waals surface area (Å²) in [5.74, 6) is 0. The van der Waals surface area contributed by atoms with E-state index in [4.69, 9.17) is 4.74 Å². The third-order valence-corrected chi connectivity index (χ3v) is 5.76. The molecule has 0 bridgehead atoms. The molecule has 3 rings (SSSR count). The van der Waals surface area contributed by atoms with Crippen LogP contribution in [0, 0.1) is 0 Å². The number of nitrogens with one attached hydrogen (secondary N) is 1. The van der Waals surface area contributed by atoms with Gasteiger partial charge in [-0.05, 0) is 38.5 Å². The molecule has 3 fully saturated rings. The Morgan fingerprint density at radius 3 is 2.30 bits per heavy atom. The van der Waals surface area contributed by atoms with Crippen LogP contribution in [-0.2, 0) is 4.74 Å². The van der Waals surface area contributed by atoms with Gasteiger partial charge >= 0.3 is 0 Å². The van der Waals surface area contributed by atoms with Gasteiger partial charge in [-0.3, -0.25) is 0 Å². The summed E-state index contributed by atoms with van der Waals surface area (Å²) < 4.78 is 6.09. The first-order valence-corrected chi connectivity index (χ1v) is 8.80. The van der Waals surface area contributed by atoms with E-state index in [1.165, 1.54) is 51.4 Å². The van der Waals surface area contributed by atoms with Crippen LogP contribution in [-0.4, -0.2) is 35.5 Å². The molecule has 3 nitrogen and oxygen atoms in total. The first kappa shape index (κ1) is 14.8. The molecule has 2 N–H and O–H groups in total. The van der Waals surface area contributed by atoms with Crippen LogP contribution in [0.4, 0.5) is 0 Å². The molecule has 0 aromatic heterocycles. The highest BCUT2D eigenvalue weighted by Crippen LogP contribution is 2.40. The Kier molecular flexibility index (Phi) is 4.68. The summed E-state index contributed by atoms with van der Waals surface area (Å²) in [6.07, 6.45) is 14.3. The first-order chi connectivity index (χ1) is 9.70. The van der Waals surface area contributed by atoms with E-state index in [9.17, 15) is 5.11 Å². The second kappa shape index (κ2) is 6.33. The number of rotatable bonds is 3. The van der Waals surface area contributed by atoms with Gasteiger partial charge in [-0.2, -0.15) is 0 Å². The zero-order valence-electron chi connectivity index (χ0n) is 12.8. The summed E-state index contributed by atoms with van der Waals surface area (Å²) in [7, 11) is 0. The monoisotopic (exact) mass is 281 g/mol. The third-order valence-electron chi connectivity index (χ3n) is 5.76. The minimum Gasteiger partial charge on any atom is -0.389 e. The molecule has 20 heavy (non-hydrogen) atoms. The van der Waals surface area contributed by atoms with E-state index in [0.29, 0.717) is 6.04 Å². The van der Waals surface area contributed by atoms with Gasteiger partial charge < -0.3 is 15.2 Å². The van der Waals surface area contributed by atoms with Crippen molar-refractivity contribution < 1.29 is 9.84 Å². The van der Waals surface area contributed by atoms with Crippen molar-refractivity contribution >= 4 is 0 Å². The Labute approximate surface area is 123 Å². The maximum atomic E-state index is 10.7. The van der Waals surface area contributed by atoms with Crippen molar-refractivity contribution in [2.45, 2.75) is 94.3 Å². The molecule has 1 saturated heterocycles. The zero-order chi connectivity index (χ0) is 13.9. The maximum Gasteiger partial charge on any atom is 0.0771 e. The number of hydrogen-bond acceptors (Lipinski definition) is 3. The minimum absolute atomic E-state index is 0.183. The summed E-state index contributed by atoms with van der Waals surface area (Å²) in [5, 5.41) is 14.4. The highest BCUT2D eigenvalue weighted by Gasteiger charge is 2.40. The Morgan fingerprint density at radius 1 is 0.950 bits per heavy atom. The number of ether oxygens (including phenoxy) is 1. The molecule has 2 saturated carbocycles. The fourth-order valence-corrected chi connectivity index (χ4v) is 4.47. The quantitative estimate of drug-likeness (QED) is 0.781. The van der Waals surface area contributed by atoms with E-state index >= 15 is 0 Å². The molecular weight excluding hydrogens is 250 g/mol. The van der Waals surface area contributed by atoms with Gasteiger partial charge in [0.2, 0.25) is 0 Å². The topological polar surface area (TPSA) is 41.5 Å². The molecule has 1 aliphatic heterocycles. The third kappa shape index (κ3) is 3.55. The predicted molar refractivity (Wildman–Crippen MR) is 80.8 cm³/mol. The SMILES string of the molecule is OC1(CNC2CCOC3(CCCC3)C2)CCCCCC1. The van der Waals surface area contributed by atoms with E-state index in [1.807, 2.05) is 0 Å². The highest BCUT2D eigenvalue weighted by atomic mass is 16.5. The minimum atomic E-state index is -0.447. The van der Waals surface area contributed by atoms with Gasteiger partial charge in [-0.15, -0.1) is 0 Å². The maximum absolute atomic E-state index is 10.7. The summed E-state index contributed by atoms with van der Waals surface area (Å²) in [6.45, 7) is 1.68. The van der Waals surface area contributed by atoms with Crippen LogP contribution in [0.1, 0.15) is 77.0 Å². The van der Waals surface area contributed by atoms with Gasteiger partial charge in [0, 0.05) is 19.2 Å². The average Bonchev–Trinajstić information content (AvgIpc) is 2.77. The lowest BCUT2D eigenvalue weighted by Crippen LogP contribution is -2.50. The number of hydrogen-bond donors (Lipinski definition) is 2. The van der Waals surface area contributed by atoms with Crippen LogP contribution in [0.25, 0.3) is 0 Å². The summed E-state index contributed by atoms with van der Waals surface area (Å²) in [6, 6.07) is 0.550. The first-order valence-electron chi connectivity index (χ1n) is 8.80. The molecule has 0 amide bonds. The van der Waals surface area contributed by atoms with Crippen LogP contribution in [0.3, 0.4) is 0 Å². The van der Waals surface area contributed by atoms with Crippen LogP contribution < -0.4 is 5.32 Å². The zero-order valence-corrected chi connectivity index (χ0v) is 12.8. The van der Waals surface area contributed by atoms with Gasteiger partial charge in [0.25, 0.3) is 0 Å². The van der Waals surface area contributed by atoms with E-state index in [-0.39, 0.29) is 5.60 Å². The van der Waals surface area contributed by atoms with Crippen LogP contribution in [0.5, 0.6) is 0 Å². The molecule has 0 aromatic rings. The van der Waals surface area contributed by atoms with E-state index in [2.05, 4.69) is 5.32 Å². The smallest absolute Gasteiger partial charge is 0.0771 e. The summed E-state index contributed by atoms with van der Waals surface area (Å²) in [5.41, 5.74) is -0.264. The van der Waals surface area contributed by atoms with Gasteiger partial charge in [-0.25, -0.2) is 0 Å². The van der Waals surface area contributed by atoms with Crippen molar-refractivity contribution in [2.24, 2.45) is 0 Å². The summed E-state index contributed by atoms with van der Waals surface area (Å²) >= 11 is 0. The van der Waals surface area contributed by atoms with E-state index < -0.39 is 5.60 Å². The fraction of sp³-hybridized carbons (Fsp3) is 1.00. The van der Waals surface area contributed by atoms with Gasteiger partial charge in [0.15, 0.2) is 0 Å². The van der Waals surface area contributed by atoms with Crippen molar-refractivity contribution in [1.29, 1.82) is 0 Å². The van der Waals surface area contributed by atoms with Crippen molar-refractivity contribution in [3.05, 3.63) is 0 Å². The molecule has 3 aliphatic rings. The number of aliphatic hydroxyl groups is 1. The standard InChI is InChI=1S/C17H31NO2/c19-16(8-3-1-2-4-9-16)14-18-15-7-12-20-17(13-15)10-5-6-11-17/h15,18-19H,1-14H2. The molecule has 0 radical (unpaired) electrons. The van der Waals surface area contributed by atoms with E-state index in [1.54, 1.807) is 0 Å². The molecule has 1 heterocycles. The normalized spacial score (nSPS) is 33.1. The molecule has 1 atom stereocenters. The molecule has 1 unspecified atom stereocenters. The van der Waals surface area contributed by atoms with Crippen LogP contribution in [0.15, 0.2) is 0 Å². The molecular formula is C17H31NO2. The fourth-order valence-electron chi connectivity index (χ4n) is 4.47. The lowest BCUT2D eigenvalue weighted by atomic mass is 9.88. The Bertz CT molecular complexity index is 304. The Hall–Kier alpha value is -0.120. The van der Waals surface area contributed by atoms with E-state index in [0.717, 1.165) is 38.8 Å². The molecule has 0 aromatic carbocycles. The molecule has 1 spiro atoms. The molecule has 116 valence electrons. The largest absolute Gasteiger partial charge is 0.389 e. The summed E-state index contributed by atoms with van der Waals surface area (Å²) in [4.78, 5) is 0. The lowest BCUT2D eigenvalue weighted by Gasteiger charge is -2.40. The van der Waals surface area contributed by atoms with Crippen molar-refractivity contribution in [3.63, 3.8) is 0 Å². The predicted octanol–water partition coefficient (Wildman–Crippen LogP) is 3.15. The van der Waals surface area contributed by atoms with Crippen LogP contribution in [0.2, 0.25) is 0 Å². The molecule has 2 aliphatic carbocycles. The Balaban J connectivity index is 1.50. The van der Waals surface area contributed by atoms with Crippen molar-refractivity contribution in [1.82, 2.24) is 5.32 Å².